The molecule has 0 aromatic heterocycles. The van der Waals surface area contributed by atoms with Crippen LogP contribution in [0.2, 0.25) is 0 Å². The Bertz CT molecular complexity index is 164. The maximum absolute atomic E-state index is 3.71. The van der Waals surface area contributed by atoms with Crippen LogP contribution in [0, 0.1) is 11.8 Å². The smallest absolute Gasteiger partial charge is 0.00675 e. The molecule has 1 unspecified atom stereocenters. The molecule has 96 valence electrons. The van der Waals surface area contributed by atoms with Crippen molar-refractivity contribution in [2.75, 3.05) is 18.1 Å². The second-order valence-electron chi connectivity index (χ2n) is 5.50. The molecule has 0 radical (unpaired) electrons. The Labute approximate surface area is 106 Å². The van der Waals surface area contributed by atoms with Gasteiger partial charge in [-0.3, -0.25) is 0 Å². The summed E-state index contributed by atoms with van der Waals surface area (Å²) in [7, 11) is 0. The lowest BCUT2D eigenvalue weighted by Gasteiger charge is -2.27. The SMILES string of the molecule is CCC(C)CSCCNC1CCC(C)CC1. The van der Waals surface area contributed by atoms with Crippen molar-refractivity contribution in [2.24, 2.45) is 11.8 Å². The van der Waals surface area contributed by atoms with Crippen LogP contribution >= 0.6 is 11.8 Å². The monoisotopic (exact) mass is 243 g/mol. The lowest BCUT2D eigenvalue weighted by Crippen LogP contribution is -2.34. The molecule has 0 aromatic rings. The van der Waals surface area contributed by atoms with Crippen molar-refractivity contribution in [3.8, 4) is 0 Å². The second kappa shape index (κ2) is 8.41. The van der Waals surface area contributed by atoms with Gasteiger partial charge in [-0.15, -0.1) is 0 Å². The molecule has 1 aliphatic rings. The van der Waals surface area contributed by atoms with E-state index in [9.17, 15) is 0 Å². The van der Waals surface area contributed by atoms with Crippen molar-refractivity contribution >= 4 is 11.8 Å². The highest BCUT2D eigenvalue weighted by Crippen LogP contribution is 2.23. The normalized spacial score (nSPS) is 27.9. The average Bonchev–Trinajstić information content (AvgIpc) is 2.31. The Kier molecular flexibility index (Phi) is 7.55. The molecule has 0 aromatic carbocycles. The minimum atomic E-state index is 0.820. The summed E-state index contributed by atoms with van der Waals surface area (Å²) < 4.78 is 0. The van der Waals surface area contributed by atoms with E-state index in [4.69, 9.17) is 0 Å². The van der Waals surface area contributed by atoms with Crippen molar-refractivity contribution in [2.45, 2.75) is 58.9 Å². The molecule has 1 rings (SSSR count). The topological polar surface area (TPSA) is 12.0 Å². The fourth-order valence-corrected chi connectivity index (χ4v) is 3.27. The van der Waals surface area contributed by atoms with Crippen LogP contribution in [-0.2, 0) is 0 Å². The highest BCUT2D eigenvalue weighted by molar-refractivity contribution is 7.99. The predicted octanol–water partition coefficient (Wildman–Crippen LogP) is 3.93. The first-order valence-corrected chi connectivity index (χ1v) is 8.19. The van der Waals surface area contributed by atoms with E-state index in [0.29, 0.717) is 0 Å². The van der Waals surface area contributed by atoms with Gasteiger partial charge in [0.25, 0.3) is 0 Å². The Morgan fingerprint density at radius 1 is 1.25 bits per heavy atom. The Morgan fingerprint density at radius 2 is 1.94 bits per heavy atom. The van der Waals surface area contributed by atoms with Crippen LogP contribution in [0.3, 0.4) is 0 Å². The van der Waals surface area contributed by atoms with Gasteiger partial charge in [-0.2, -0.15) is 11.8 Å². The summed E-state index contributed by atoms with van der Waals surface area (Å²) >= 11 is 2.11. The van der Waals surface area contributed by atoms with Crippen molar-refractivity contribution in [1.82, 2.24) is 5.32 Å². The molecular formula is C14H29NS. The first kappa shape index (κ1) is 14.4. The van der Waals surface area contributed by atoms with E-state index >= 15 is 0 Å². The van der Waals surface area contributed by atoms with E-state index < -0.39 is 0 Å². The molecule has 1 atom stereocenters. The summed E-state index contributed by atoms with van der Waals surface area (Å²) in [6.45, 7) is 8.23. The number of rotatable bonds is 7. The van der Waals surface area contributed by atoms with Gasteiger partial charge in [-0.25, -0.2) is 0 Å². The fraction of sp³-hybridized carbons (Fsp3) is 1.00. The fourth-order valence-electron chi connectivity index (χ4n) is 2.20. The van der Waals surface area contributed by atoms with E-state index in [1.165, 1.54) is 50.2 Å². The van der Waals surface area contributed by atoms with Crippen LogP contribution in [0.15, 0.2) is 0 Å². The number of hydrogen-bond donors (Lipinski definition) is 1. The third kappa shape index (κ3) is 6.15. The molecular weight excluding hydrogens is 214 g/mol. The Morgan fingerprint density at radius 3 is 2.56 bits per heavy atom. The third-order valence-corrected chi connectivity index (χ3v) is 5.09. The zero-order valence-corrected chi connectivity index (χ0v) is 12.1. The molecule has 1 N–H and O–H groups in total. The molecule has 1 fully saturated rings. The van der Waals surface area contributed by atoms with Crippen LogP contribution in [0.1, 0.15) is 52.9 Å². The molecule has 1 nitrogen and oxygen atoms in total. The van der Waals surface area contributed by atoms with Crippen LogP contribution in [0.5, 0.6) is 0 Å². The molecule has 0 aliphatic heterocycles. The van der Waals surface area contributed by atoms with Gasteiger partial charge < -0.3 is 5.32 Å². The van der Waals surface area contributed by atoms with Gasteiger partial charge in [-0.1, -0.05) is 27.2 Å². The average molecular weight is 243 g/mol. The molecule has 0 amide bonds. The summed E-state index contributed by atoms with van der Waals surface area (Å²) in [6, 6.07) is 0.820. The summed E-state index contributed by atoms with van der Waals surface area (Å²) in [4.78, 5) is 0. The molecule has 16 heavy (non-hydrogen) atoms. The van der Waals surface area contributed by atoms with E-state index in [1.807, 2.05) is 0 Å². The van der Waals surface area contributed by atoms with Crippen molar-refractivity contribution < 1.29 is 0 Å². The maximum atomic E-state index is 3.71. The summed E-state index contributed by atoms with van der Waals surface area (Å²) in [5, 5.41) is 3.71. The maximum Gasteiger partial charge on any atom is 0.00675 e. The summed E-state index contributed by atoms with van der Waals surface area (Å²) in [5.74, 6) is 4.48. The molecule has 0 heterocycles. The van der Waals surface area contributed by atoms with E-state index in [1.54, 1.807) is 0 Å². The number of nitrogens with one attached hydrogen (secondary N) is 1. The minimum absolute atomic E-state index is 0.820. The van der Waals surface area contributed by atoms with Crippen LogP contribution in [-0.4, -0.2) is 24.1 Å². The quantitative estimate of drug-likeness (QED) is 0.680. The zero-order valence-electron chi connectivity index (χ0n) is 11.3. The molecule has 0 saturated heterocycles. The highest BCUT2D eigenvalue weighted by Gasteiger charge is 2.16. The van der Waals surface area contributed by atoms with Gasteiger partial charge in [0.15, 0.2) is 0 Å². The molecule has 0 bridgehead atoms. The van der Waals surface area contributed by atoms with E-state index in [-0.39, 0.29) is 0 Å². The molecule has 0 spiro atoms. The Hall–Kier alpha value is 0.310. The second-order valence-corrected chi connectivity index (χ2v) is 6.65. The lowest BCUT2D eigenvalue weighted by molar-refractivity contribution is 0.312. The van der Waals surface area contributed by atoms with Crippen molar-refractivity contribution in [1.29, 1.82) is 0 Å². The van der Waals surface area contributed by atoms with Gasteiger partial charge in [0.1, 0.15) is 0 Å². The van der Waals surface area contributed by atoms with Crippen LogP contribution in [0.4, 0.5) is 0 Å². The first-order chi connectivity index (χ1) is 7.72. The van der Waals surface area contributed by atoms with Gasteiger partial charge >= 0.3 is 0 Å². The molecule has 1 saturated carbocycles. The molecule has 2 heteroatoms. The minimum Gasteiger partial charge on any atom is -0.313 e. The van der Waals surface area contributed by atoms with Crippen LogP contribution in [0.25, 0.3) is 0 Å². The van der Waals surface area contributed by atoms with Crippen LogP contribution < -0.4 is 5.32 Å². The third-order valence-electron chi connectivity index (χ3n) is 3.79. The zero-order chi connectivity index (χ0) is 11.8. The predicted molar refractivity (Wildman–Crippen MR) is 76.2 cm³/mol. The van der Waals surface area contributed by atoms with Crippen molar-refractivity contribution in [3.05, 3.63) is 0 Å². The van der Waals surface area contributed by atoms with Gasteiger partial charge in [0, 0.05) is 18.3 Å². The number of hydrogen-bond acceptors (Lipinski definition) is 2. The lowest BCUT2D eigenvalue weighted by atomic mass is 9.87. The van der Waals surface area contributed by atoms with Crippen molar-refractivity contribution in [3.63, 3.8) is 0 Å². The number of thioether (sulfide) groups is 1. The van der Waals surface area contributed by atoms with E-state index in [2.05, 4.69) is 37.8 Å². The highest BCUT2D eigenvalue weighted by atomic mass is 32.2. The largest absolute Gasteiger partial charge is 0.313 e. The summed E-state index contributed by atoms with van der Waals surface area (Å²) in [5.41, 5.74) is 0. The van der Waals surface area contributed by atoms with Gasteiger partial charge in [0.2, 0.25) is 0 Å². The van der Waals surface area contributed by atoms with Gasteiger partial charge in [0.05, 0.1) is 0 Å². The Balaban J connectivity index is 1.91. The van der Waals surface area contributed by atoms with E-state index in [0.717, 1.165) is 17.9 Å². The standard InChI is InChI=1S/C14H29NS/c1-4-12(2)11-16-10-9-15-14-7-5-13(3)6-8-14/h12-15H,4-11H2,1-3H3. The summed E-state index contributed by atoms with van der Waals surface area (Å²) in [6.07, 6.45) is 6.98. The first-order valence-electron chi connectivity index (χ1n) is 7.03. The molecule has 1 aliphatic carbocycles. The van der Waals surface area contributed by atoms with Gasteiger partial charge in [-0.05, 0) is 43.3 Å².